The largest absolute Gasteiger partial charge is 0.447 e. The third-order valence-corrected chi connectivity index (χ3v) is 3.87. The van der Waals surface area contributed by atoms with Gasteiger partial charge in [-0.05, 0) is 20.1 Å². The Hall–Kier alpha value is -1.52. The van der Waals surface area contributed by atoms with E-state index in [0.29, 0.717) is 26.3 Å². The quantitative estimate of drug-likeness (QED) is 0.842. The van der Waals surface area contributed by atoms with Crippen LogP contribution in [0, 0.1) is 0 Å². The van der Waals surface area contributed by atoms with E-state index in [1.165, 1.54) is 0 Å². The molecule has 0 aromatic carbocycles. The maximum absolute atomic E-state index is 11.6. The highest BCUT2D eigenvalue weighted by atomic mass is 35.5. The van der Waals surface area contributed by atoms with Crippen molar-refractivity contribution in [2.24, 2.45) is 0 Å². The van der Waals surface area contributed by atoms with E-state index in [2.05, 4.69) is 0 Å². The average molecular weight is 303 g/mol. The zero-order chi connectivity index (χ0) is 12.5. The molecular formula is C11H12ClN2O4P. The first-order chi connectivity index (χ1) is 8.77. The van der Waals surface area contributed by atoms with Crippen molar-refractivity contribution in [1.29, 1.82) is 0 Å². The lowest BCUT2D eigenvalue weighted by atomic mass is 10.3. The first-order valence-corrected chi connectivity index (χ1v) is 6.57. The number of rotatable bonds is 2. The Labute approximate surface area is 117 Å². The number of nitrogens with zero attached hydrogens (tertiary/aromatic N) is 2. The van der Waals surface area contributed by atoms with Crippen LogP contribution in [0.25, 0.3) is 0 Å². The van der Waals surface area contributed by atoms with Crippen LogP contribution in [0.4, 0.5) is 20.7 Å². The first kappa shape index (κ1) is 13.9. The van der Waals surface area contributed by atoms with Gasteiger partial charge in [-0.1, -0.05) is 6.07 Å². The molecule has 1 aromatic heterocycles. The lowest BCUT2D eigenvalue weighted by Gasteiger charge is -2.21. The summed E-state index contributed by atoms with van der Waals surface area (Å²) in [4.78, 5) is 26.3. The highest BCUT2D eigenvalue weighted by Gasteiger charge is 2.31. The number of hydrogen-bond acceptors (Lipinski definition) is 4. The van der Waals surface area contributed by atoms with Crippen LogP contribution in [-0.2, 0) is 9.47 Å². The summed E-state index contributed by atoms with van der Waals surface area (Å²) in [5.41, 5.74) is 1.50. The van der Waals surface area contributed by atoms with Crippen molar-refractivity contribution in [3.63, 3.8) is 0 Å². The van der Waals surface area contributed by atoms with Gasteiger partial charge >= 0.3 is 12.2 Å². The Kier molecular flexibility index (Phi) is 4.12. The van der Waals surface area contributed by atoms with Gasteiger partial charge in [0, 0.05) is 0 Å². The molecule has 2 fully saturated rings. The second-order valence-corrected chi connectivity index (χ2v) is 4.86. The maximum Gasteiger partial charge on any atom is 0.414 e. The Bertz CT molecular complexity index is 468. The van der Waals surface area contributed by atoms with Crippen molar-refractivity contribution >= 4 is 43.9 Å². The molecule has 0 aliphatic carbocycles. The smallest absolute Gasteiger partial charge is 0.414 e. The first-order valence-electron chi connectivity index (χ1n) is 5.61. The van der Waals surface area contributed by atoms with Crippen LogP contribution in [0.15, 0.2) is 17.9 Å². The Balaban J connectivity index is 0.00000133. The van der Waals surface area contributed by atoms with Gasteiger partial charge in [0.1, 0.15) is 13.2 Å². The minimum atomic E-state index is -0.364. The summed E-state index contributed by atoms with van der Waals surface area (Å²) < 4.78 is 9.86. The minimum Gasteiger partial charge on any atom is -0.447 e. The SMILES string of the molecule is Cl.O=C1OCCN1c1cccpc1N1CCOC1=O. The van der Waals surface area contributed by atoms with Crippen LogP contribution >= 0.6 is 20.6 Å². The molecule has 0 unspecified atom stereocenters. The molecule has 102 valence electrons. The molecule has 0 N–H and O–H groups in total. The Morgan fingerprint density at radius 3 is 2.26 bits per heavy atom. The van der Waals surface area contributed by atoms with Crippen LogP contribution in [-0.4, -0.2) is 38.5 Å². The summed E-state index contributed by atoms with van der Waals surface area (Å²) in [6.07, 6.45) is -0.719. The Morgan fingerprint density at radius 1 is 1.05 bits per heavy atom. The zero-order valence-electron chi connectivity index (χ0n) is 9.94. The van der Waals surface area contributed by atoms with Crippen LogP contribution in [0.3, 0.4) is 0 Å². The molecule has 3 rings (SSSR count). The second kappa shape index (κ2) is 5.63. The van der Waals surface area contributed by atoms with E-state index < -0.39 is 0 Å². The molecule has 0 bridgehead atoms. The lowest BCUT2D eigenvalue weighted by Crippen LogP contribution is -2.28. The molecule has 0 atom stereocenters. The fraction of sp³-hybridized carbons (Fsp3) is 0.364. The number of halogens is 1. The molecule has 2 saturated heterocycles. The van der Waals surface area contributed by atoms with Crippen LogP contribution in [0.5, 0.6) is 0 Å². The molecule has 6 nitrogen and oxygen atoms in total. The fourth-order valence-electron chi connectivity index (χ4n) is 2.01. The van der Waals surface area contributed by atoms with Gasteiger partial charge < -0.3 is 9.47 Å². The van der Waals surface area contributed by atoms with E-state index in [4.69, 9.17) is 9.47 Å². The molecule has 0 radical (unpaired) electrons. The van der Waals surface area contributed by atoms with Gasteiger partial charge in [-0.2, -0.15) is 0 Å². The number of anilines is 2. The molecule has 0 saturated carbocycles. The number of carbonyl (C=O) groups excluding carboxylic acids is 2. The van der Waals surface area contributed by atoms with Gasteiger partial charge in [0.2, 0.25) is 0 Å². The average Bonchev–Trinajstić information content (AvgIpc) is 2.98. The third-order valence-electron chi connectivity index (χ3n) is 2.83. The van der Waals surface area contributed by atoms with E-state index in [1.807, 2.05) is 17.9 Å². The van der Waals surface area contributed by atoms with Crippen molar-refractivity contribution in [2.75, 3.05) is 36.1 Å². The third kappa shape index (κ3) is 2.46. The van der Waals surface area contributed by atoms with Gasteiger partial charge in [0.15, 0.2) is 0 Å². The van der Waals surface area contributed by atoms with Gasteiger partial charge in [0.25, 0.3) is 0 Å². The Morgan fingerprint density at radius 2 is 1.68 bits per heavy atom. The lowest BCUT2D eigenvalue weighted by molar-refractivity contribution is 0.180. The second-order valence-electron chi connectivity index (χ2n) is 3.88. The van der Waals surface area contributed by atoms with Crippen LogP contribution < -0.4 is 9.80 Å². The van der Waals surface area contributed by atoms with Crippen molar-refractivity contribution in [2.45, 2.75) is 0 Å². The predicted octanol–water partition coefficient (Wildman–Crippen LogP) is 2.60. The van der Waals surface area contributed by atoms with Crippen molar-refractivity contribution in [3.8, 4) is 0 Å². The molecule has 8 heteroatoms. The zero-order valence-corrected chi connectivity index (χ0v) is 11.7. The van der Waals surface area contributed by atoms with E-state index >= 15 is 0 Å². The molecule has 3 heterocycles. The molecule has 2 aliphatic rings. The van der Waals surface area contributed by atoms with Crippen molar-refractivity contribution in [1.82, 2.24) is 0 Å². The summed E-state index contributed by atoms with van der Waals surface area (Å²) in [7, 11) is 0.879. The van der Waals surface area contributed by atoms with Crippen molar-refractivity contribution in [3.05, 3.63) is 17.9 Å². The van der Waals surface area contributed by atoms with E-state index in [1.54, 1.807) is 9.80 Å². The molecule has 19 heavy (non-hydrogen) atoms. The van der Waals surface area contributed by atoms with E-state index in [0.717, 1.165) is 19.3 Å². The topological polar surface area (TPSA) is 59.1 Å². The summed E-state index contributed by atoms with van der Waals surface area (Å²) in [6.45, 7) is 1.81. The fourth-order valence-corrected chi connectivity index (χ4v) is 2.97. The maximum atomic E-state index is 11.6. The monoisotopic (exact) mass is 302 g/mol. The number of carbonyl (C=O) groups is 2. The van der Waals surface area contributed by atoms with Crippen LogP contribution in [0.2, 0.25) is 0 Å². The number of hydrogen-bond donors (Lipinski definition) is 0. The highest BCUT2D eigenvalue weighted by molar-refractivity contribution is 7.34. The van der Waals surface area contributed by atoms with E-state index in [-0.39, 0.29) is 24.6 Å². The van der Waals surface area contributed by atoms with E-state index in [9.17, 15) is 9.59 Å². The summed E-state index contributed by atoms with van der Waals surface area (Å²) in [6, 6.07) is 3.69. The van der Waals surface area contributed by atoms with Gasteiger partial charge in [0.05, 0.1) is 24.2 Å². The van der Waals surface area contributed by atoms with Gasteiger partial charge in [-0.15, -0.1) is 12.4 Å². The van der Waals surface area contributed by atoms with Crippen molar-refractivity contribution < 1.29 is 19.1 Å². The predicted molar refractivity (Wildman–Crippen MR) is 73.6 cm³/mol. The summed E-state index contributed by atoms with van der Waals surface area (Å²) in [5, 5.41) is 0. The highest BCUT2D eigenvalue weighted by Crippen LogP contribution is 2.38. The number of amides is 2. The molecule has 1 aromatic rings. The van der Waals surface area contributed by atoms with Gasteiger partial charge in [-0.25, -0.2) is 9.59 Å². The number of ether oxygens (including phenoxy) is 2. The number of cyclic esters (lactones) is 2. The molecule has 2 amide bonds. The minimum absolute atomic E-state index is 0. The molecule has 0 spiro atoms. The summed E-state index contributed by atoms with van der Waals surface area (Å²) >= 11 is 0. The normalized spacial score (nSPS) is 18.5. The van der Waals surface area contributed by atoms with Gasteiger partial charge in [-0.3, -0.25) is 9.80 Å². The van der Waals surface area contributed by atoms with Crippen LogP contribution in [0.1, 0.15) is 0 Å². The molecular weight excluding hydrogens is 291 g/mol. The molecule has 2 aliphatic heterocycles. The standard InChI is InChI=1S/C11H11N2O4P.ClH/c14-10-12(3-5-16-10)8-2-1-7-18-9(8)13-4-6-17-11(13)15;/h1-2,7H,3-6H2;1H. The summed E-state index contributed by atoms with van der Waals surface area (Å²) in [5.74, 6) is 1.92.